The number of hydrogen-bond donors (Lipinski definition) is 1. The second-order valence-corrected chi connectivity index (χ2v) is 8.48. The molecule has 176 valence electrons. The fourth-order valence-electron chi connectivity index (χ4n) is 3.78. The summed E-state index contributed by atoms with van der Waals surface area (Å²) >= 11 is 0. The van der Waals surface area contributed by atoms with Crippen molar-refractivity contribution in [1.29, 1.82) is 0 Å². The van der Waals surface area contributed by atoms with Crippen LogP contribution in [0, 0.1) is 23.7 Å². The number of esters is 1. The summed E-state index contributed by atoms with van der Waals surface area (Å²) in [4.78, 5) is 49.6. The van der Waals surface area contributed by atoms with Gasteiger partial charge in [0.15, 0.2) is 0 Å². The maximum atomic E-state index is 13.1. The molecule has 0 amide bonds. The third kappa shape index (κ3) is 8.52. The van der Waals surface area contributed by atoms with E-state index in [4.69, 9.17) is 4.74 Å². The summed E-state index contributed by atoms with van der Waals surface area (Å²) in [6, 6.07) is 0. The summed E-state index contributed by atoms with van der Waals surface area (Å²) < 4.78 is 5.44. The topological polar surface area (TPSA) is 97.7 Å². The van der Waals surface area contributed by atoms with Gasteiger partial charge in [-0.25, -0.2) is 0 Å². The molecule has 0 saturated heterocycles. The Hall–Kier alpha value is -2.08. The zero-order chi connectivity index (χ0) is 24.5. The van der Waals surface area contributed by atoms with Crippen LogP contribution in [0.3, 0.4) is 0 Å². The monoisotopic (exact) mass is 436 g/mol. The molecule has 31 heavy (non-hydrogen) atoms. The highest BCUT2D eigenvalue weighted by Crippen LogP contribution is 2.26. The van der Waals surface area contributed by atoms with Crippen LogP contribution >= 0.6 is 0 Å². The molecule has 0 heterocycles. The van der Waals surface area contributed by atoms with E-state index in [0.29, 0.717) is 5.57 Å². The third-order valence-corrected chi connectivity index (χ3v) is 5.81. The molecule has 6 heteroatoms. The van der Waals surface area contributed by atoms with Crippen molar-refractivity contribution in [2.24, 2.45) is 23.7 Å². The molecule has 1 N–H and O–H groups in total. The molecular weight excluding hydrogens is 396 g/mol. The highest BCUT2D eigenvalue weighted by Gasteiger charge is 2.38. The molecule has 0 saturated carbocycles. The van der Waals surface area contributed by atoms with Crippen LogP contribution in [0.1, 0.15) is 75.2 Å². The van der Waals surface area contributed by atoms with Crippen LogP contribution in [-0.2, 0) is 23.9 Å². The summed E-state index contributed by atoms with van der Waals surface area (Å²) in [6.45, 7) is 15.0. The lowest BCUT2D eigenvalue weighted by Crippen LogP contribution is -2.42. The number of carbonyl (C=O) groups excluding carboxylic acids is 4. The van der Waals surface area contributed by atoms with E-state index in [0.717, 1.165) is 12.0 Å². The first-order valence-corrected chi connectivity index (χ1v) is 11.1. The Morgan fingerprint density at radius 1 is 0.871 bits per heavy atom. The van der Waals surface area contributed by atoms with E-state index >= 15 is 0 Å². The van der Waals surface area contributed by atoms with Crippen LogP contribution in [0.4, 0.5) is 0 Å². The van der Waals surface area contributed by atoms with E-state index in [1.165, 1.54) is 20.8 Å². The third-order valence-electron chi connectivity index (χ3n) is 5.81. The second-order valence-electron chi connectivity index (χ2n) is 8.48. The zero-order valence-corrected chi connectivity index (χ0v) is 20.5. The Kier molecular flexibility index (Phi) is 12.5. The van der Waals surface area contributed by atoms with Crippen LogP contribution in [0.25, 0.3) is 0 Å². The molecule has 0 bridgehead atoms. The van der Waals surface area contributed by atoms with Crippen molar-refractivity contribution in [3.63, 3.8) is 0 Å². The molecule has 0 aliphatic rings. The zero-order valence-electron chi connectivity index (χ0n) is 20.5. The summed E-state index contributed by atoms with van der Waals surface area (Å²) in [5.74, 6) is -4.73. The fraction of sp³-hybridized carbons (Fsp3) is 0.680. The van der Waals surface area contributed by atoms with Gasteiger partial charge in [-0.05, 0) is 32.8 Å². The average Bonchev–Trinajstić information content (AvgIpc) is 2.72. The van der Waals surface area contributed by atoms with Gasteiger partial charge in [0, 0.05) is 25.2 Å². The van der Waals surface area contributed by atoms with Crippen LogP contribution in [0.2, 0.25) is 0 Å². The molecule has 1 unspecified atom stereocenters. The van der Waals surface area contributed by atoms with Gasteiger partial charge in [-0.1, -0.05) is 52.3 Å². The molecule has 6 nitrogen and oxygen atoms in total. The van der Waals surface area contributed by atoms with Crippen molar-refractivity contribution in [3.8, 4) is 0 Å². The molecule has 0 aliphatic carbocycles. The van der Waals surface area contributed by atoms with Gasteiger partial charge < -0.3 is 9.84 Å². The van der Waals surface area contributed by atoms with Crippen molar-refractivity contribution in [2.75, 3.05) is 0 Å². The molecule has 0 aliphatic heterocycles. The number of allylic oxidation sites excluding steroid dienone is 3. The SMILES string of the molecule is CC/C=C(C)/C=C(\C)[C@@H](OC(C)=O)[C@@H](C)C(=O)C(C)C(=O)[C@@H](C)[C@H](O)[C@@H](C)C(=O)CC. The number of Topliss-reactive ketones (excluding diaryl/α,β-unsaturated/α-hetero) is 3. The standard InChI is InChI=1S/C25H40O6/c1-10-12-14(3)13-15(4)25(31-20(9)26)19(8)24(30)18(7)23(29)17(6)22(28)16(5)21(27)11-2/h12-13,16-19,22,25,28H,10-11H2,1-9H3/b14-12+,15-13+/t16-,17-,18?,19-,22+,25+/m0/s1. The normalized spacial score (nSPS) is 18.4. The van der Waals surface area contributed by atoms with Crippen molar-refractivity contribution in [1.82, 2.24) is 0 Å². The van der Waals surface area contributed by atoms with Gasteiger partial charge in [0.05, 0.1) is 17.9 Å². The van der Waals surface area contributed by atoms with E-state index in [1.807, 2.05) is 26.0 Å². The van der Waals surface area contributed by atoms with Gasteiger partial charge >= 0.3 is 5.97 Å². The average molecular weight is 437 g/mol. The quantitative estimate of drug-likeness (QED) is 0.263. The Morgan fingerprint density at radius 2 is 1.39 bits per heavy atom. The number of ketones is 3. The van der Waals surface area contributed by atoms with Gasteiger partial charge in [-0.2, -0.15) is 0 Å². The molecule has 0 aromatic carbocycles. The van der Waals surface area contributed by atoms with Crippen LogP contribution in [-0.4, -0.2) is 40.6 Å². The number of carbonyl (C=O) groups is 4. The van der Waals surface area contributed by atoms with Gasteiger partial charge in [-0.3, -0.25) is 19.2 Å². The molecule has 0 spiro atoms. The molecule has 6 atom stereocenters. The number of rotatable bonds is 13. The van der Waals surface area contributed by atoms with Crippen LogP contribution < -0.4 is 0 Å². The molecule has 0 fully saturated rings. The number of aliphatic hydroxyl groups is 1. The lowest BCUT2D eigenvalue weighted by molar-refractivity contribution is -0.149. The minimum Gasteiger partial charge on any atom is -0.457 e. The van der Waals surface area contributed by atoms with E-state index in [1.54, 1.807) is 27.7 Å². The Balaban J connectivity index is 5.65. The Labute approximate surface area is 187 Å². The summed E-state index contributed by atoms with van der Waals surface area (Å²) in [6.07, 6.45) is 3.07. The summed E-state index contributed by atoms with van der Waals surface area (Å²) in [5, 5.41) is 10.5. The van der Waals surface area contributed by atoms with Crippen molar-refractivity contribution in [2.45, 2.75) is 87.4 Å². The smallest absolute Gasteiger partial charge is 0.303 e. The lowest BCUT2D eigenvalue weighted by Gasteiger charge is -2.28. The second kappa shape index (κ2) is 13.4. The van der Waals surface area contributed by atoms with Crippen molar-refractivity contribution >= 4 is 23.3 Å². The minimum atomic E-state index is -1.15. The van der Waals surface area contributed by atoms with Gasteiger partial charge in [0.2, 0.25) is 0 Å². The largest absolute Gasteiger partial charge is 0.457 e. The van der Waals surface area contributed by atoms with Crippen LogP contribution in [0.5, 0.6) is 0 Å². The van der Waals surface area contributed by atoms with E-state index in [2.05, 4.69) is 0 Å². The first-order chi connectivity index (χ1) is 14.3. The van der Waals surface area contributed by atoms with Crippen molar-refractivity contribution < 1.29 is 29.0 Å². The van der Waals surface area contributed by atoms with E-state index in [-0.39, 0.29) is 18.0 Å². The predicted molar refractivity (Wildman–Crippen MR) is 121 cm³/mol. The Bertz CT molecular complexity index is 718. The van der Waals surface area contributed by atoms with E-state index < -0.39 is 47.6 Å². The predicted octanol–water partition coefficient (Wildman–Crippen LogP) is 4.24. The number of hydrogen-bond acceptors (Lipinski definition) is 6. The van der Waals surface area contributed by atoms with Crippen molar-refractivity contribution in [3.05, 3.63) is 23.3 Å². The first kappa shape index (κ1) is 28.9. The van der Waals surface area contributed by atoms with Crippen LogP contribution in [0.15, 0.2) is 23.3 Å². The molecule has 0 aromatic heterocycles. The van der Waals surface area contributed by atoms with Gasteiger partial charge in [0.1, 0.15) is 23.5 Å². The molecule has 0 aromatic rings. The van der Waals surface area contributed by atoms with Gasteiger partial charge in [0.25, 0.3) is 0 Å². The first-order valence-electron chi connectivity index (χ1n) is 11.1. The summed E-state index contributed by atoms with van der Waals surface area (Å²) in [5.41, 5.74) is 1.71. The Morgan fingerprint density at radius 3 is 1.84 bits per heavy atom. The van der Waals surface area contributed by atoms with Gasteiger partial charge in [-0.15, -0.1) is 0 Å². The minimum absolute atomic E-state index is 0.134. The highest BCUT2D eigenvalue weighted by molar-refractivity contribution is 6.04. The fourth-order valence-corrected chi connectivity index (χ4v) is 3.78. The number of ether oxygens (including phenoxy) is 1. The number of aliphatic hydroxyl groups excluding tert-OH is 1. The maximum Gasteiger partial charge on any atom is 0.303 e. The summed E-state index contributed by atoms with van der Waals surface area (Å²) in [7, 11) is 0. The van der Waals surface area contributed by atoms with E-state index in [9.17, 15) is 24.3 Å². The molecular formula is C25H40O6. The molecule has 0 rings (SSSR count). The lowest BCUT2D eigenvalue weighted by atomic mass is 9.79. The highest BCUT2D eigenvalue weighted by atomic mass is 16.5. The maximum absolute atomic E-state index is 13.1. The molecule has 0 radical (unpaired) electrons.